The van der Waals surface area contributed by atoms with Crippen LogP contribution in [-0.4, -0.2) is 17.9 Å². The van der Waals surface area contributed by atoms with Crippen molar-refractivity contribution in [2.24, 2.45) is 0 Å². The molecule has 2 aromatic rings. The molecule has 1 heterocycles. The lowest BCUT2D eigenvalue weighted by Gasteiger charge is -2.18. The van der Waals surface area contributed by atoms with Gasteiger partial charge in [0.2, 0.25) is 5.91 Å². The summed E-state index contributed by atoms with van der Waals surface area (Å²) in [5.41, 5.74) is 3.59. The van der Waals surface area contributed by atoms with Gasteiger partial charge in [-0.3, -0.25) is 9.59 Å². The first kappa shape index (κ1) is 16.2. The lowest BCUT2D eigenvalue weighted by atomic mass is 10.0. The van der Waals surface area contributed by atoms with Gasteiger partial charge in [-0.05, 0) is 42.7 Å². The highest BCUT2D eigenvalue weighted by Gasteiger charge is 2.17. The predicted octanol–water partition coefficient (Wildman–Crippen LogP) is 3.12. The molecule has 0 bridgehead atoms. The maximum Gasteiger partial charge on any atom is 0.253 e. The van der Waals surface area contributed by atoms with Crippen molar-refractivity contribution in [1.82, 2.24) is 0 Å². The Bertz CT molecular complexity index is 744. The van der Waals surface area contributed by atoms with E-state index >= 15 is 0 Å². The van der Waals surface area contributed by atoms with Crippen LogP contribution in [0.4, 0.5) is 11.4 Å². The zero-order chi connectivity index (χ0) is 16.9. The summed E-state index contributed by atoms with van der Waals surface area (Å²) in [6.07, 6.45) is 0.604. The van der Waals surface area contributed by atoms with Crippen LogP contribution in [0.1, 0.15) is 24.5 Å². The van der Waals surface area contributed by atoms with Crippen molar-refractivity contribution < 1.29 is 14.3 Å². The van der Waals surface area contributed by atoms with E-state index in [1.165, 1.54) is 0 Å². The summed E-state index contributed by atoms with van der Waals surface area (Å²) >= 11 is 0. The molecule has 1 atom stereocenters. The molecule has 124 valence electrons. The molecule has 0 saturated heterocycles. The number of nitrogens with one attached hydrogen (secondary N) is 2. The van der Waals surface area contributed by atoms with Crippen LogP contribution < -0.4 is 10.6 Å². The van der Waals surface area contributed by atoms with Crippen LogP contribution in [0.5, 0.6) is 0 Å². The number of anilines is 2. The lowest BCUT2D eigenvalue weighted by molar-refractivity contribution is -0.127. The summed E-state index contributed by atoms with van der Waals surface area (Å²) in [5.74, 6) is -0.159. The van der Waals surface area contributed by atoms with E-state index in [2.05, 4.69) is 10.6 Å². The highest BCUT2D eigenvalue weighted by molar-refractivity contribution is 5.96. The average Bonchev–Trinajstić information content (AvgIpc) is 2.60. The molecule has 1 aliphatic heterocycles. The molecule has 5 nitrogen and oxygen atoms in total. The number of hydrogen-bond donors (Lipinski definition) is 2. The van der Waals surface area contributed by atoms with Gasteiger partial charge in [-0.15, -0.1) is 0 Å². The number of ether oxygens (including phenoxy) is 1. The molecule has 0 spiro atoms. The monoisotopic (exact) mass is 324 g/mol. The zero-order valence-electron chi connectivity index (χ0n) is 13.5. The summed E-state index contributed by atoms with van der Waals surface area (Å²) in [4.78, 5) is 23.6. The van der Waals surface area contributed by atoms with Crippen LogP contribution in [0.2, 0.25) is 0 Å². The molecular weight excluding hydrogens is 304 g/mol. The van der Waals surface area contributed by atoms with Gasteiger partial charge in [0, 0.05) is 17.8 Å². The topological polar surface area (TPSA) is 67.4 Å². The van der Waals surface area contributed by atoms with Gasteiger partial charge in [-0.2, -0.15) is 0 Å². The minimum Gasteiger partial charge on any atom is -0.364 e. The number of carbonyl (C=O) groups is 2. The minimum atomic E-state index is -0.555. The van der Waals surface area contributed by atoms with Gasteiger partial charge in [0.1, 0.15) is 6.10 Å². The van der Waals surface area contributed by atoms with Crippen LogP contribution in [0.15, 0.2) is 48.5 Å². The maximum atomic E-state index is 12.2. The molecule has 24 heavy (non-hydrogen) atoms. The molecule has 0 fully saturated rings. The highest BCUT2D eigenvalue weighted by Crippen LogP contribution is 2.25. The molecular formula is C19H20N2O3. The first-order valence-electron chi connectivity index (χ1n) is 8.01. The number of aryl methyl sites for hydroxylation is 1. The number of hydrogen-bond acceptors (Lipinski definition) is 3. The molecule has 1 unspecified atom stereocenters. The zero-order valence-corrected chi connectivity index (χ0v) is 13.5. The third-order valence-corrected chi connectivity index (χ3v) is 3.98. The van der Waals surface area contributed by atoms with E-state index in [0.717, 1.165) is 16.8 Å². The standard InChI is InChI=1S/C19H20N2O3/c1-13(24-12-14-5-3-2-4-6-14)19(23)20-16-8-9-17-15(11-16)7-10-18(22)21-17/h2-6,8-9,11,13H,7,10,12H2,1H3,(H,20,23)(H,21,22). The van der Waals surface area contributed by atoms with E-state index in [0.29, 0.717) is 25.1 Å². The Morgan fingerprint density at radius 1 is 1.21 bits per heavy atom. The first-order valence-corrected chi connectivity index (χ1v) is 8.01. The molecule has 0 saturated carbocycles. The average molecular weight is 324 g/mol. The van der Waals surface area contributed by atoms with Crippen molar-refractivity contribution in [3.63, 3.8) is 0 Å². The molecule has 3 rings (SSSR count). The van der Waals surface area contributed by atoms with Crippen LogP contribution in [0, 0.1) is 0 Å². The smallest absolute Gasteiger partial charge is 0.253 e. The molecule has 2 amide bonds. The van der Waals surface area contributed by atoms with E-state index in [1.807, 2.05) is 42.5 Å². The third kappa shape index (κ3) is 4.00. The Labute approximate surface area is 141 Å². The fourth-order valence-corrected chi connectivity index (χ4v) is 2.58. The van der Waals surface area contributed by atoms with E-state index in [1.54, 1.807) is 13.0 Å². The van der Waals surface area contributed by atoms with Crippen LogP contribution >= 0.6 is 0 Å². The first-order chi connectivity index (χ1) is 11.6. The van der Waals surface area contributed by atoms with Gasteiger partial charge >= 0.3 is 0 Å². The molecule has 5 heteroatoms. The molecule has 1 aliphatic rings. The SMILES string of the molecule is CC(OCc1ccccc1)C(=O)Nc1ccc2c(c1)CCC(=O)N2. The van der Waals surface area contributed by atoms with Crippen LogP contribution in [0.3, 0.4) is 0 Å². The fraction of sp³-hybridized carbons (Fsp3) is 0.263. The van der Waals surface area contributed by atoms with Gasteiger partial charge in [0.15, 0.2) is 0 Å². The van der Waals surface area contributed by atoms with Gasteiger partial charge < -0.3 is 15.4 Å². The van der Waals surface area contributed by atoms with Gasteiger partial charge in [0.05, 0.1) is 6.61 Å². The number of carbonyl (C=O) groups excluding carboxylic acids is 2. The van der Waals surface area contributed by atoms with Gasteiger partial charge in [0.25, 0.3) is 5.91 Å². The minimum absolute atomic E-state index is 0.0298. The summed E-state index contributed by atoms with van der Waals surface area (Å²) in [6.45, 7) is 2.13. The van der Waals surface area contributed by atoms with Crippen molar-refractivity contribution >= 4 is 23.2 Å². The van der Waals surface area contributed by atoms with Crippen molar-refractivity contribution in [2.45, 2.75) is 32.5 Å². The predicted molar refractivity (Wildman–Crippen MR) is 92.7 cm³/mol. The van der Waals surface area contributed by atoms with Crippen LogP contribution in [0.25, 0.3) is 0 Å². The Kier molecular flexibility index (Phi) is 4.91. The van der Waals surface area contributed by atoms with E-state index in [4.69, 9.17) is 4.74 Å². The third-order valence-electron chi connectivity index (χ3n) is 3.98. The van der Waals surface area contributed by atoms with Crippen LogP contribution in [-0.2, 0) is 27.4 Å². The second kappa shape index (κ2) is 7.27. The van der Waals surface area contributed by atoms with Crippen molar-refractivity contribution in [3.8, 4) is 0 Å². The lowest BCUT2D eigenvalue weighted by Crippen LogP contribution is -2.28. The van der Waals surface area contributed by atoms with Crippen molar-refractivity contribution in [2.75, 3.05) is 10.6 Å². The molecule has 0 aromatic heterocycles. The number of benzene rings is 2. The Morgan fingerprint density at radius 2 is 2.00 bits per heavy atom. The number of amides is 2. The largest absolute Gasteiger partial charge is 0.364 e. The molecule has 0 radical (unpaired) electrons. The molecule has 0 aliphatic carbocycles. The van der Waals surface area contributed by atoms with Gasteiger partial charge in [-0.1, -0.05) is 30.3 Å². The number of fused-ring (bicyclic) bond motifs is 1. The second-order valence-electron chi connectivity index (χ2n) is 5.85. The molecule has 2 N–H and O–H groups in total. The fourth-order valence-electron chi connectivity index (χ4n) is 2.58. The normalized spacial score (nSPS) is 14.5. The summed E-state index contributed by atoms with van der Waals surface area (Å²) in [6, 6.07) is 15.2. The van der Waals surface area contributed by atoms with E-state index < -0.39 is 6.10 Å². The Morgan fingerprint density at radius 3 is 2.79 bits per heavy atom. The summed E-state index contributed by atoms with van der Waals surface area (Å²) < 4.78 is 5.62. The van der Waals surface area contributed by atoms with E-state index in [9.17, 15) is 9.59 Å². The van der Waals surface area contributed by atoms with E-state index in [-0.39, 0.29) is 11.8 Å². The molecule has 2 aromatic carbocycles. The highest BCUT2D eigenvalue weighted by atomic mass is 16.5. The maximum absolute atomic E-state index is 12.2. The Balaban J connectivity index is 1.57. The van der Waals surface area contributed by atoms with Crippen molar-refractivity contribution in [3.05, 3.63) is 59.7 Å². The summed E-state index contributed by atoms with van der Waals surface area (Å²) in [5, 5.41) is 5.69. The second-order valence-corrected chi connectivity index (χ2v) is 5.85. The number of rotatable bonds is 5. The quantitative estimate of drug-likeness (QED) is 0.888. The van der Waals surface area contributed by atoms with Crippen molar-refractivity contribution in [1.29, 1.82) is 0 Å². The Hall–Kier alpha value is -2.66. The van der Waals surface area contributed by atoms with Gasteiger partial charge in [-0.25, -0.2) is 0 Å². The summed E-state index contributed by atoms with van der Waals surface area (Å²) in [7, 11) is 0.